The molecule has 1 saturated heterocycles. The number of benzene rings is 1. The summed E-state index contributed by atoms with van der Waals surface area (Å²) >= 11 is 5.79. The predicted molar refractivity (Wildman–Crippen MR) is 144 cm³/mol. The first kappa shape index (κ1) is 27.8. The van der Waals surface area contributed by atoms with Crippen molar-refractivity contribution in [3.63, 3.8) is 0 Å². The van der Waals surface area contributed by atoms with E-state index in [0.29, 0.717) is 18.2 Å². The topological polar surface area (TPSA) is 106 Å². The maximum absolute atomic E-state index is 15.1. The predicted octanol–water partition coefficient (Wildman–Crippen LogP) is 5.84. The number of rotatable bonds is 7. The molecule has 1 saturated carbocycles. The van der Waals surface area contributed by atoms with Gasteiger partial charge in [-0.05, 0) is 31.7 Å². The Morgan fingerprint density at radius 3 is 2.62 bits per heavy atom. The summed E-state index contributed by atoms with van der Waals surface area (Å²) in [6.45, 7) is 2.23. The molecule has 1 N–H and O–H groups in total. The highest BCUT2D eigenvalue weighted by Crippen LogP contribution is 2.43. The number of aromatic nitrogens is 5. The number of hydrogen-bond donors (Lipinski definition) is 1. The molecule has 42 heavy (non-hydrogen) atoms. The monoisotopic (exact) mass is 599 g/mol. The van der Waals surface area contributed by atoms with Crippen molar-refractivity contribution in [1.29, 1.82) is 0 Å². The number of carbonyl (C=O) groups excluding carboxylic acids is 2. The van der Waals surface area contributed by atoms with Gasteiger partial charge < -0.3 is 10.2 Å². The van der Waals surface area contributed by atoms with Gasteiger partial charge in [-0.2, -0.15) is 5.10 Å². The summed E-state index contributed by atoms with van der Waals surface area (Å²) in [7, 11) is 0. The van der Waals surface area contributed by atoms with Crippen LogP contribution in [0.4, 0.5) is 28.9 Å². The zero-order valence-corrected chi connectivity index (χ0v) is 22.7. The van der Waals surface area contributed by atoms with Crippen molar-refractivity contribution < 1.29 is 27.2 Å². The van der Waals surface area contributed by atoms with Gasteiger partial charge in [-0.3, -0.25) is 24.2 Å². The Morgan fingerprint density at radius 2 is 1.95 bits per heavy atom. The Balaban J connectivity index is 1.18. The lowest BCUT2D eigenvalue weighted by Gasteiger charge is -2.25. The molecule has 1 unspecified atom stereocenters. The first-order valence-electron chi connectivity index (χ1n) is 13.0. The third-order valence-corrected chi connectivity index (χ3v) is 8.01. The van der Waals surface area contributed by atoms with E-state index < -0.39 is 41.1 Å². The van der Waals surface area contributed by atoms with Crippen molar-refractivity contribution in [2.24, 2.45) is 11.8 Å². The third-order valence-electron chi connectivity index (χ3n) is 7.72. The summed E-state index contributed by atoms with van der Waals surface area (Å²) < 4.78 is 58.3. The average Bonchev–Trinajstić information content (AvgIpc) is 3.50. The lowest BCUT2D eigenvalue weighted by Crippen LogP contribution is -2.28. The van der Waals surface area contributed by atoms with Crippen LogP contribution in [-0.2, 0) is 4.79 Å². The molecule has 2 aliphatic rings. The van der Waals surface area contributed by atoms with Crippen molar-refractivity contribution in [2.45, 2.75) is 32.2 Å². The minimum atomic E-state index is -3.02. The van der Waals surface area contributed by atoms with Crippen molar-refractivity contribution in [2.75, 3.05) is 16.8 Å². The molecule has 0 bridgehead atoms. The fourth-order valence-corrected chi connectivity index (χ4v) is 5.46. The highest BCUT2D eigenvalue weighted by atomic mass is 35.5. The van der Waals surface area contributed by atoms with Gasteiger partial charge in [-0.25, -0.2) is 22.5 Å². The fraction of sp³-hybridized carbons (Fsp3) is 0.286. The van der Waals surface area contributed by atoms with Gasteiger partial charge in [0.15, 0.2) is 5.82 Å². The number of pyridine rings is 1. The lowest BCUT2D eigenvalue weighted by atomic mass is 9.76. The smallest absolute Gasteiger partial charge is 0.275 e. The van der Waals surface area contributed by atoms with E-state index in [9.17, 15) is 22.8 Å². The highest BCUT2D eigenvalue weighted by Gasteiger charge is 2.46. The molecule has 1 aliphatic carbocycles. The molecule has 4 heterocycles. The van der Waals surface area contributed by atoms with Gasteiger partial charge in [0.1, 0.15) is 17.2 Å². The van der Waals surface area contributed by atoms with E-state index >= 15 is 4.39 Å². The molecule has 2 fully saturated rings. The van der Waals surface area contributed by atoms with Crippen molar-refractivity contribution in [3.8, 4) is 11.3 Å². The van der Waals surface area contributed by atoms with Crippen molar-refractivity contribution in [1.82, 2.24) is 24.7 Å². The van der Waals surface area contributed by atoms with Crippen LogP contribution in [0.1, 0.15) is 54.0 Å². The molecule has 2 amide bonds. The molecule has 216 valence electrons. The van der Waals surface area contributed by atoms with Crippen LogP contribution in [0.15, 0.2) is 49.2 Å². The zero-order valence-electron chi connectivity index (χ0n) is 21.9. The normalized spacial score (nSPS) is 18.6. The van der Waals surface area contributed by atoms with E-state index in [4.69, 9.17) is 11.6 Å². The van der Waals surface area contributed by atoms with Crippen LogP contribution >= 0.6 is 11.6 Å². The minimum absolute atomic E-state index is 0.00287. The van der Waals surface area contributed by atoms with E-state index in [1.165, 1.54) is 29.3 Å². The van der Waals surface area contributed by atoms with Crippen LogP contribution in [0.5, 0.6) is 0 Å². The number of fused-ring (bicyclic) bond motifs is 1. The molecule has 0 spiro atoms. The van der Waals surface area contributed by atoms with Gasteiger partial charge in [0.25, 0.3) is 12.3 Å². The van der Waals surface area contributed by atoms with E-state index in [1.54, 1.807) is 11.8 Å². The number of alkyl halides is 2. The molecule has 3 aromatic heterocycles. The molecular weight excluding hydrogens is 578 g/mol. The van der Waals surface area contributed by atoms with Crippen LogP contribution < -0.4 is 10.2 Å². The molecule has 9 nitrogen and oxygen atoms in total. The maximum Gasteiger partial charge on any atom is 0.275 e. The van der Waals surface area contributed by atoms with Crippen molar-refractivity contribution >= 4 is 34.8 Å². The minimum Gasteiger partial charge on any atom is -0.318 e. The van der Waals surface area contributed by atoms with Crippen LogP contribution in [0.2, 0.25) is 5.02 Å². The van der Waals surface area contributed by atoms with Gasteiger partial charge in [0.05, 0.1) is 52.9 Å². The molecule has 14 heteroatoms. The fourth-order valence-electron chi connectivity index (χ4n) is 5.30. The number of carbonyl (C=O) groups is 2. The van der Waals surface area contributed by atoms with E-state index in [1.807, 2.05) is 0 Å². The summed E-state index contributed by atoms with van der Waals surface area (Å²) in [6.07, 6.45) is 5.21. The van der Waals surface area contributed by atoms with E-state index in [-0.39, 0.29) is 39.6 Å². The largest absolute Gasteiger partial charge is 0.318 e. The van der Waals surface area contributed by atoms with E-state index in [2.05, 4.69) is 25.4 Å². The number of anilines is 2. The Hall–Kier alpha value is -4.39. The molecule has 0 radical (unpaired) electrons. The van der Waals surface area contributed by atoms with E-state index in [0.717, 1.165) is 37.4 Å². The van der Waals surface area contributed by atoms with Gasteiger partial charge in [-0.1, -0.05) is 17.7 Å². The third kappa shape index (κ3) is 4.87. The van der Waals surface area contributed by atoms with Crippen LogP contribution in [0, 0.1) is 23.5 Å². The SMILES string of the molecule is CC(c1ncc(N2C[C@H]3CC[C@H]3C2=O)cc1F)n1cc(NC(=O)c2cncc(-c3c(C(F)F)ccc(Cl)c3F)n2)cn1. The summed E-state index contributed by atoms with van der Waals surface area (Å²) in [5.41, 5.74) is -1.05. The number of nitrogens with one attached hydrogen (secondary N) is 1. The summed E-state index contributed by atoms with van der Waals surface area (Å²) in [5, 5.41) is 6.36. The number of amides is 2. The molecule has 4 aromatic rings. The van der Waals surface area contributed by atoms with Gasteiger partial charge in [-0.15, -0.1) is 0 Å². The first-order valence-corrected chi connectivity index (χ1v) is 13.4. The van der Waals surface area contributed by atoms with Crippen LogP contribution in [0.3, 0.4) is 0 Å². The average molecular weight is 600 g/mol. The second kappa shape index (κ2) is 10.8. The summed E-state index contributed by atoms with van der Waals surface area (Å²) in [6, 6.07) is 2.62. The Kier molecular flexibility index (Phi) is 7.13. The second-order valence-electron chi connectivity index (χ2n) is 10.2. The van der Waals surface area contributed by atoms with Crippen molar-refractivity contribution in [3.05, 3.63) is 82.8 Å². The van der Waals surface area contributed by atoms with Crippen LogP contribution in [0.25, 0.3) is 11.3 Å². The molecule has 3 atom stereocenters. The Labute approximate surface area is 241 Å². The van der Waals surface area contributed by atoms with Gasteiger partial charge in [0, 0.05) is 35.9 Å². The second-order valence-corrected chi connectivity index (χ2v) is 10.6. The zero-order chi connectivity index (χ0) is 29.7. The van der Waals surface area contributed by atoms with Crippen LogP contribution in [-0.4, -0.2) is 43.1 Å². The molecule has 6 rings (SSSR count). The quantitative estimate of drug-likeness (QED) is 0.268. The van der Waals surface area contributed by atoms with Gasteiger partial charge >= 0.3 is 0 Å². The number of halogens is 5. The Bertz CT molecular complexity index is 1720. The standard InChI is InChI=1S/C28H22ClF4N7O2/c1-13(25-20(30)6-16(8-35-25)39-11-14-2-3-17(14)28(39)42)40-12-15(7-36-40)37-27(41)22-10-34-9-21(38-22)23-18(26(32)33)4-5-19(29)24(23)31/h4-10,12-14,17,26H,2-3,11H2,1H3,(H,37,41)/t13?,14-,17-/m1/s1. The number of nitrogens with zero attached hydrogens (tertiary/aromatic N) is 6. The van der Waals surface area contributed by atoms with Gasteiger partial charge in [0.2, 0.25) is 5.91 Å². The molecule has 1 aromatic carbocycles. The Morgan fingerprint density at radius 1 is 1.14 bits per heavy atom. The molecular formula is C28H22ClF4N7O2. The maximum atomic E-state index is 15.1. The molecule has 1 aliphatic heterocycles. The number of hydrogen-bond acceptors (Lipinski definition) is 6. The summed E-state index contributed by atoms with van der Waals surface area (Å²) in [5.74, 6) is -2.14. The lowest BCUT2D eigenvalue weighted by molar-refractivity contribution is -0.123. The highest BCUT2D eigenvalue weighted by molar-refractivity contribution is 6.31. The first-order chi connectivity index (χ1) is 20.1. The summed E-state index contributed by atoms with van der Waals surface area (Å²) in [4.78, 5) is 39.2.